The van der Waals surface area contributed by atoms with Crippen molar-refractivity contribution in [2.24, 2.45) is 0 Å². The van der Waals surface area contributed by atoms with Crippen molar-refractivity contribution in [1.82, 2.24) is 14.5 Å². The minimum absolute atomic E-state index is 0.118. The second-order valence-electron chi connectivity index (χ2n) is 9.10. The van der Waals surface area contributed by atoms with Gasteiger partial charge in [-0.15, -0.1) is 0 Å². The molecule has 0 aliphatic rings. The molecule has 7 nitrogen and oxygen atoms in total. The summed E-state index contributed by atoms with van der Waals surface area (Å²) in [6, 6.07) is 19.4. The lowest BCUT2D eigenvalue weighted by Crippen LogP contribution is -2.50. The van der Waals surface area contributed by atoms with Crippen molar-refractivity contribution >= 4 is 32.6 Å². The molecule has 2 amide bonds. The van der Waals surface area contributed by atoms with Crippen LogP contribution in [-0.4, -0.2) is 55.6 Å². The first-order valence-corrected chi connectivity index (χ1v) is 13.7. The van der Waals surface area contributed by atoms with Gasteiger partial charge in [0.15, 0.2) is 0 Å². The highest BCUT2D eigenvalue weighted by molar-refractivity contribution is 7.89. The van der Waals surface area contributed by atoms with Crippen LogP contribution in [0.5, 0.6) is 0 Å². The molecule has 0 spiro atoms. The molecule has 1 unspecified atom stereocenters. The summed E-state index contributed by atoms with van der Waals surface area (Å²) in [5.41, 5.74) is 1.91. The molecule has 0 aromatic heterocycles. The number of rotatable bonds is 11. The number of carbonyl (C=O) groups excluding carboxylic acids is 2. The van der Waals surface area contributed by atoms with Gasteiger partial charge in [-0.25, -0.2) is 8.42 Å². The first-order chi connectivity index (χ1) is 17.1. The van der Waals surface area contributed by atoms with Crippen LogP contribution in [0.1, 0.15) is 37.8 Å². The highest BCUT2D eigenvalue weighted by atomic mass is 32.2. The lowest BCUT2D eigenvalue weighted by atomic mass is 10.1. The number of likely N-dealkylation sites (N-methyl/N-ethyl adjacent to an activating group) is 1. The zero-order chi connectivity index (χ0) is 26.3. The van der Waals surface area contributed by atoms with Crippen molar-refractivity contribution in [3.8, 4) is 0 Å². The molecule has 192 valence electrons. The Morgan fingerprint density at radius 3 is 2.39 bits per heavy atom. The minimum Gasteiger partial charge on any atom is -0.354 e. The van der Waals surface area contributed by atoms with E-state index in [2.05, 4.69) is 5.32 Å². The monoisotopic (exact) mass is 509 g/mol. The van der Waals surface area contributed by atoms with Gasteiger partial charge in [-0.05, 0) is 48.7 Å². The molecular weight excluding hydrogens is 474 g/mol. The Morgan fingerprint density at radius 1 is 0.972 bits per heavy atom. The normalized spacial score (nSPS) is 12.5. The first kappa shape index (κ1) is 27.4. The smallest absolute Gasteiger partial charge is 0.243 e. The Kier molecular flexibility index (Phi) is 9.23. The van der Waals surface area contributed by atoms with E-state index in [-0.39, 0.29) is 23.9 Å². The molecule has 0 aliphatic carbocycles. The highest BCUT2D eigenvalue weighted by Gasteiger charge is 2.30. The zero-order valence-electron chi connectivity index (χ0n) is 21.4. The number of amides is 2. The fraction of sp³-hybridized carbons (Fsp3) is 0.357. The van der Waals surface area contributed by atoms with Gasteiger partial charge < -0.3 is 10.2 Å². The molecular formula is C28H35N3O4S. The molecule has 0 bridgehead atoms. The van der Waals surface area contributed by atoms with E-state index in [0.29, 0.717) is 6.54 Å². The number of sulfonamides is 1. The van der Waals surface area contributed by atoms with Crippen LogP contribution in [0, 0.1) is 6.92 Å². The summed E-state index contributed by atoms with van der Waals surface area (Å²) in [5.74, 6) is -0.703. The van der Waals surface area contributed by atoms with Gasteiger partial charge in [-0.1, -0.05) is 73.5 Å². The number of hydrogen-bond donors (Lipinski definition) is 1. The van der Waals surface area contributed by atoms with Gasteiger partial charge >= 0.3 is 0 Å². The number of unbranched alkanes of at least 4 members (excludes halogenated alkanes) is 1. The zero-order valence-corrected chi connectivity index (χ0v) is 22.2. The Balaban J connectivity index is 1.82. The predicted octanol–water partition coefficient (Wildman–Crippen LogP) is 4.10. The van der Waals surface area contributed by atoms with Crippen LogP contribution in [0.2, 0.25) is 0 Å². The van der Waals surface area contributed by atoms with Gasteiger partial charge in [0.2, 0.25) is 21.8 Å². The molecule has 36 heavy (non-hydrogen) atoms. The maximum absolute atomic E-state index is 13.4. The van der Waals surface area contributed by atoms with E-state index < -0.39 is 22.0 Å². The van der Waals surface area contributed by atoms with Crippen LogP contribution >= 0.6 is 0 Å². The fourth-order valence-electron chi connectivity index (χ4n) is 4.00. The van der Waals surface area contributed by atoms with Crippen molar-refractivity contribution in [2.75, 3.05) is 20.1 Å². The van der Waals surface area contributed by atoms with E-state index >= 15 is 0 Å². The molecule has 1 atom stereocenters. The van der Waals surface area contributed by atoms with Crippen LogP contribution in [-0.2, 0) is 26.2 Å². The molecule has 3 rings (SSSR count). The van der Waals surface area contributed by atoms with Crippen molar-refractivity contribution < 1.29 is 18.0 Å². The second kappa shape index (κ2) is 12.1. The van der Waals surface area contributed by atoms with Crippen LogP contribution in [0.3, 0.4) is 0 Å². The number of fused-ring (bicyclic) bond motifs is 1. The van der Waals surface area contributed by atoms with E-state index in [4.69, 9.17) is 0 Å². The molecule has 3 aromatic carbocycles. The second-order valence-corrected chi connectivity index (χ2v) is 11.1. The van der Waals surface area contributed by atoms with Gasteiger partial charge in [0.1, 0.15) is 6.04 Å². The number of nitrogens with zero attached hydrogens (tertiary/aromatic N) is 2. The SMILES string of the molecule is CCCCNC(=O)C(C)N(Cc1cccc(C)c1)C(=O)CN(C)S(=O)(=O)c1ccc2ccccc2c1. The number of benzene rings is 3. The molecule has 3 aromatic rings. The van der Waals surface area contributed by atoms with Crippen LogP contribution in [0.15, 0.2) is 71.6 Å². The maximum atomic E-state index is 13.4. The van der Waals surface area contributed by atoms with Gasteiger partial charge in [-0.3, -0.25) is 9.59 Å². The molecule has 8 heteroatoms. The highest BCUT2D eigenvalue weighted by Crippen LogP contribution is 2.22. The Labute approximate surface area is 214 Å². The lowest BCUT2D eigenvalue weighted by Gasteiger charge is -2.30. The van der Waals surface area contributed by atoms with E-state index in [1.807, 2.05) is 62.4 Å². The molecule has 0 radical (unpaired) electrons. The Morgan fingerprint density at radius 2 is 1.69 bits per heavy atom. The molecule has 0 saturated carbocycles. The standard InChI is InChI=1S/C28H35N3O4S/c1-5-6-16-29-28(33)22(3)31(19-23-11-9-10-21(2)17-23)27(32)20-30(4)36(34,35)26-15-14-24-12-7-8-13-25(24)18-26/h7-15,17-18,22H,5-6,16,19-20H2,1-4H3,(H,29,33). The van der Waals surface area contributed by atoms with Crippen molar-refractivity contribution in [2.45, 2.75) is 51.1 Å². The maximum Gasteiger partial charge on any atom is 0.243 e. The first-order valence-electron chi connectivity index (χ1n) is 12.2. The number of hydrogen-bond acceptors (Lipinski definition) is 4. The molecule has 0 aliphatic heterocycles. The van der Waals surface area contributed by atoms with Crippen molar-refractivity contribution in [1.29, 1.82) is 0 Å². The van der Waals surface area contributed by atoms with Crippen LogP contribution in [0.4, 0.5) is 0 Å². The average molecular weight is 510 g/mol. The summed E-state index contributed by atoms with van der Waals surface area (Å²) < 4.78 is 27.6. The predicted molar refractivity (Wildman–Crippen MR) is 143 cm³/mol. The summed E-state index contributed by atoms with van der Waals surface area (Å²) in [6.45, 7) is 6.02. The quantitative estimate of drug-likeness (QED) is 0.394. The molecule has 0 heterocycles. The summed E-state index contributed by atoms with van der Waals surface area (Å²) >= 11 is 0. The minimum atomic E-state index is -3.92. The molecule has 0 saturated heterocycles. The summed E-state index contributed by atoms with van der Waals surface area (Å²) in [4.78, 5) is 27.8. The number of aryl methyl sites for hydroxylation is 1. The average Bonchev–Trinajstić information content (AvgIpc) is 2.86. The fourth-order valence-corrected chi connectivity index (χ4v) is 5.16. The summed E-state index contributed by atoms with van der Waals surface area (Å²) in [5, 5.41) is 4.61. The van der Waals surface area contributed by atoms with Crippen molar-refractivity contribution in [3.63, 3.8) is 0 Å². The summed E-state index contributed by atoms with van der Waals surface area (Å²) in [6.07, 6.45) is 1.79. The van der Waals surface area contributed by atoms with Gasteiger partial charge in [0, 0.05) is 20.1 Å². The topological polar surface area (TPSA) is 86.8 Å². The third-order valence-corrected chi connectivity index (χ3v) is 8.02. The van der Waals surface area contributed by atoms with Crippen LogP contribution < -0.4 is 5.32 Å². The van der Waals surface area contributed by atoms with Gasteiger partial charge in [-0.2, -0.15) is 4.31 Å². The number of nitrogens with one attached hydrogen (secondary N) is 1. The van der Waals surface area contributed by atoms with E-state index in [1.165, 1.54) is 11.9 Å². The van der Waals surface area contributed by atoms with E-state index in [9.17, 15) is 18.0 Å². The summed E-state index contributed by atoms with van der Waals surface area (Å²) in [7, 11) is -2.53. The van der Waals surface area contributed by atoms with E-state index in [0.717, 1.165) is 39.0 Å². The van der Waals surface area contributed by atoms with E-state index in [1.54, 1.807) is 25.1 Å². The van der Waals surface area contributed by atoms with Crippen LogP contribution in [0.25, 0.3) is 10.8 Å². The third kappa shape index (κ3) is 6.71. The molecule has 1 N–H and O–H groups in total. The van der Waals surface area contributed by atoms with Crippen molar-refractivity contribution in [3.05, 3.63) is 77.9 Å². The Hall–Kier alpha value is -3.23. The van der Waals surface area contributed by atoms with Gasteiger partial charge in [0.25, 0.3) is 0 Å². The largest absolute Gasteiger partial charge is 0.354 e. The third-order valence-electron chi connectivity index (χ3n) is 6.22. The number of carbonyl (C=O) groups is 2. The Bertz CT molecular complexity index is 1320. The lowest BCUT2D eigenvalue weighted by molar-refractivity contribution is -0.140. The van der Waals surface area contributed by atoms with Gasteiger partial charge in [0.05, 0.1) is 11.4 Å². The molecule has 0 fully saturated rings.